The second-order valence-corrected chi connectivity index (χ2v) is 6.56. The highest BCUT2D eigenvalue weighted by molar-refractivity contribution is 6.07. The van der Waals surface area contributed by atoms with Crippen molar-refractivity contribution in [2.24, 2.45) is 0 Å². The van der Waals surface area contributed by atoms with E-state index in [9.17, 15) is 19.7 Å². The van der Waals surface area contributed by atoms with Crippen molar-refractivity contribution in [1.82, 2.24) is 4.90 Å². The Morgan fingerprint density at radius 3 is 2.40 bits per heavy atom. The summed E-state index contributed by atoms with van der Waals surface area (Å²) in [6.07, 6.45) is 0.246. The average Bonchev–Trinajstić information content (AvgIpc) is 2.76. The average molecular weight is 415 g/mol. The van der Waals surface area contributed by atoms with E-state index in [1.54, 1.807) is 17.0 Å². The topological polar surface area (TPSA) is 120 Å². The number of hydrogen-bond donors (Lipinski definition) is 1. The van der Waals surface area contributed by atoms with E-state index in [0.717, 1.165) is 17.2 Å². The maximum atomic E-state index is 12.8. The Morgan fingerprint density at radius 2 is 1.77 bits per heavy atom. The Hall–Kier alpha value is -3.82. The lowest BCUT2D eigenvalue weighted by molar-refractivity contribution is -0.385. The van der Waals surface area contributed by atoms with Crippen molar-refractivity contribution < 1.29 is 28.7 Å². The molecular weight excluding hydrogens is 394 g/mol. The minimum Gasteiger partial charge on any atom is -0.493 e. The predicted octanol–water partition coefficient (Wildman–Crippen LogP) is 2.99. The van der Waals surface area contributed by atoms with Gasteiger partial charge in [0.1, 0.15) is 5.56 Å². The standard InChI is InChI=1S/C20H21N3O7/c1-28-17-9-15(16(23(26)27)10-18(17)29-2)19(24)21-14-5-4-12-6-7-22(20(25)30-3)11-13(12)8-14/h4-5,8-10H,6-7,11H2,1-3H3,(H,21,24). The van der Waals surface area contributed by atoms with Gasteiger partial charge in [-0.25, -0.2) is 4.79 Å². The van der Waals surface area contributed by atoms with Crippen molar-refractivity contribution in [3.63, 3.8) is 0 Å². The summed E-state index contributed by atoms with van der Waals surface area (Å²) in [5.74, 6) is -0.312. The lowest BCUT2D eigenvalue weighted by Crippen LogP contribution is -2.35. The second-order valence-electron chi connectivity index (χ2n) is 6.56. The highest BCUT2D eigenvalue weighted by Crippen LogP contribution is 2.35. The smallest absolute Gasteiger partial charge is 0.409 e. The Balaban J connectivity index is 1.88. The number of carbonyl (C=O) groups excluding carboxylic acids is 2. The number of fused-ring (bicyclic) bond motifs is 1. The van der Waals surface area contributed by atoms with Gasteiger partial charge >= 0.3 is 6.09 Å². The first kappa shape index (κ1) is 20.9. The first-order valence-corrected chi connectivity index (χ1v) is 9.04. The Morgan fingerprint density at radius 1 is 1.07 bits per heavy atom. The van der Waals surface area contributed by atoms with Crippen molar-refractivity contribution in [3.05, 3.63) is 57.1 Å². The summed E-state index contributed by atoms with van der Waals surface area (Å²) in [6, 6.07) is 7.74. The zero-order valence-electron chi connectivity index (χ0n) is 16.8. The Labute approximate surface area is 172 Å². The van der Waals surface area contributed by atoms with Crippen LogP contribution in [0.1, 0.15) is 21.5 Å². The minimum atomic E-state index is -0.664. The third-order valence-corrected chi connectivity index (χ3v) is 4.85. The summed E-state index contributed by atoms with van der Waals surface area (Å²) in [4.78, 5) is 36.9. The van der Waals surface area contributed by atoms with Crippen LogP contribution in [-0.2, 0) is 17.7 Å². The molecule has 0 atom stereocenters. The van der Waals surface area contributed by atoms with Crippen LogP contribution in [0.5, 0.6) is 11.5 Å². The summed E-state index contributed by atoms with van der Waals surface area (Å²) in [5, 5.41) is 14.1. The summed E-state index contributed by atoms with van der Waals surface area (Å²) in [7, 11) is 4.05. The van der Waals surface area contributed by atoms with E-state index in [1.807, 2.05) is 6.07 Å². The first-order chi connectivity index (χ1) is 14.4. The number of carbonyl (C=O) groups is 2. The van der Waals surface area contributed by atoms with E-state index in [1.165, 1.54) is 27.4 Å². The molecule has 0 unspecified atom stereocenters. The number of nitrogens with zero attached hydrogens (tertiary/aromatic N) is 2. The molecule has 0 aliphatic carbocycles. The molecule has 0 spiro atoms. The maximum Gasteiger partial charge on any atom is 0.409 e. The fourth-order valence-electron chi connectivity index (χ4n) is 3.32. The van der Waals surface area contributed by atoms with Crippen LogP contribution >= 0.6 is 0 Å². The SMILES string of the molecule is COC(=O)N1CCc2ccc(NC(=O)c3cc(OC)c(OC)cc3[N+](=O)[O-])cc2C1. The van der Waals surface area contributed by atoms with Crippen LogP contribution in [0.2, 0.25) is 0 Å². The molecule has 30 heavy (non-hydrogen) atoms. The van der Waals surface area contributed by atoms with E-state index in [0.29, 0.717) is 25.2 Å². The molecule has 10 nitrogen and oxygen atoms in total. The van der Waals surface area contributed by atoms with Crippen molar-refractivity contribution in [2.75, 3.05) is 33.2 Å². The number of methoxy groups -OCH3 is 3. The van der Waals surface area contributed by atoms with Crippen LogP contribution in [0.3, 0.4) is 0 Å². The largest absolute Gasteiger partial charge is 0.493 e. The monoisotopic (exact) mass is 415 g/mol. The van der Waals surface area contributed by atoms with Gasteiger partial charge in [-0.2, -0.15) is 0 Å². The fourth-order valence-corrected chi connectivity index (χ4v) is 3.32. The Kier molecular flexibility index (Phi) is 6.05. The first-order valence-electron chi connectivity index (χ1n) is 9.04. The lowest BCUT2D eigenvalue weighted by atomic mass is 9.99. The molecule has 0 saturated heterocycles. The molecule has 0 saturated carbocycles. The number of nitrogens with one attached hydrogen (secondary N) is 1. The van der Waals surface area contributed by atoms with Gasteiger partial charge in [0.05, 0.1) is 32.3 Å². The van der Waals surface area contributed by atoms with Crippen LogP contribution < -0.4 is 14.8 Å². The number of nitro benzene ring substituents is 1. The Bertz CT molecular complexity index is 1010. The highest BCUT2D eigenvalue weighted by atomic mass is 16.6. The number of benzene rings is 2. The molecule has 2 aromatic carbocycles. The summed E-state index contributed by atoms with van der Waals surface area (Å²) >= 11 is 0. The second kappa shape index (κ2) is 8.68. The van der Waals surface area contributed by atoms with Crippen molar-refractivity contribution in [1.29, 1.82) is 0 Å². The van der Waals surface area contributed by atoms with Crippen LogP contribution in [0.25, 0.3) is 0 Å². The lowest BCUT2D eigenvalue weighted by Gasteiger charge is -2.28. The van der Waals surface area contributed by atoms with Gasteiger partial charge in [-0.3, -0.25) is 14.9 Å². The van der Waals surface area contributed by atoms with Gasteiger partial charge in [-0.05, 0) is 29.7 Å². The summed E-state index contributed by atoms with van der Waals surface area (Å²) in [6.45, 7) is 0.894. The molecule has 0 bridgehead atoms. The van der Waals surface area contributed by atoms with Gasteiger partial charge in [-0.15, -0.1) is 0 Å². The summed E-state index contributed by atoms with van der Waals surface area (Å²) in [5.41, 5.74) is 1.82. The molecule has 0 fully saturated rings. The van der Waals surface area contributed by atoms with Crippen LogP contribution in [0.4, 0.5) is 16.2 Å². The zero-order valence-corrected chi connectivity index (χ0v) is 16.8. The number of amides is 2. The molecule has 2 aromatic rings. The minimum absolute atomic E-state index is 0.150. The van der Waals surface area contributed by atoms with Gasteiger partial charge in [0.25, 0.3) is 11.6 Å². The van der Waals surface area contributed by atoms with Gasteiger partial charge in [0, 0.05) is 24.8 Å². The maximum absolute atomic E-state index is 12.8. The molecule has 1 N–H and O–H groups in total. The van der Waals surface area contributed by atoms with Gasteiger partial charge in [0.15, 0.2) is 11.5 Å². The third-order valence-electron chi connectivity index (χ3n) is 4.85. The van der Waals surface area contributed by atoms with Crippen molar-refractivity contribution in [2.45, 2.75) is 13.0 Å². The molecule has 1 heterocycles. The number of nitro groups is 1. The molecule has 3 rings (SSSR count). The van der Waals surface area contributed by atoms with E-state index >= 15 is 0 Å². The molecule has 0 aromatic heterocycles. The number of hydrogen-bond acceptors (Lipinski definition) is 7. The van der Waals surface area contributed by atoms with E-state index in [4.69, 9.17) is 14.2 Å². The van der Waals surface area contributed by atoms with Crippen molar-refractivity contribution >= 4 is 23.4 Å². The molecule has 2 amide bonds. The number of anilines is 1. The number of rotatable bonds is 5. The summed E-state index contributed by atoms with van der Waals surface area (Å²) < 4.78 is 15.0. The van der Waals surface area contributed by atoms with Crippen LogP contribution in [0, 0.1) is 10.1 Å². The quantitative estimate of drug-likeness (QED) is 0.589. The van der Waals surface area contributed by atoms with Gasteiger partial charge in [0.2, 0.25) is 0 Å². The van der Waals surface area contributed by atoms with Crippen LogP contribution in [-0.4, -0.2) is 49.7 Å². The van der Waals surface area contributed by atoms with Gasteiger partial charge < -0.3 is 24.4 Å². The van der Waals surface area contributed by atoms with E-state index in [-0.39, 0.29) is 17.1 Å². The van der Waals surface area contributed by atoms with E-state index < -0.39 is 22.6 Å². The van der Waals surface area contributed by atoms with E-state index in [2.05, 4.69) is 5.32 Å². The molecule has 1 aliphatic heterocycles. The third kappa shape index (κ3) is 4.12. The number of ether oxygens (including phenoxy) is 3. The fraction of sp³-hybridized carbons (Fsp3) is 0.300. The highest BCUT2D eigenvalue weighted by Gasteiger charge is 2.26. The molecular formula is C20H21N3O7. The normalized spacial score (nSPS) is 12.6. The predicted molar refractivity (Wildman–Crippen MR) is 107 cm³/mol. The van der Waals surface area contributed by atoms with Crippen LogP contribution in [0.15, 0.2) is 30.3 Å². The zero-order chi connectivity index (χ0) is 21.8. The molecule has 0 radical (unpaired) electrons. The molecule has 158 valence electrons. The molecule has 10 heteroatoms. The van der Waals surface area contributed by atoms with Crippen molar-refractivity contribution in [3.8, 4) is 11.5 Å². The molecule has 1 aliphatic rings. The van der Waals surface area contributed by atoms with Gasteiger partial charge in [-0.1, -0.05) is 6.07 Å².